The molecule has 0 amide bonds. The summed E-state index contributed by atoms with van der Waals surface area (Å²) < 4.78 is 31.8. The molecule has 0 atom stereocenters. The van der Waals surface area contributed by atoms with E-state index in [1.54, 1.807) is 37.3 Å². The summed E-state index contributed by atoms with van der Waals surface area (Å²) >= 11 is 0. The Morgan fingerprint density at radius 1 is 0.583 bits per heavy atom. The Morgan fingerprint density at radius 2 is 1.10 bits per heavy atom. The van der Waals surface area contributed by atoms with Crippen LogP contribution >= 0.6 is 0 Å². The molecule has 0 radical (unpaired) electrons. The molecule has 48 heavy (non-hydrogen) atoms. The molecule has 0 saturated heterocycles. The lowest BCUT2D eigenvalue weighted by Crippen LogP contribution is -2.11. The maximum Gasteiger partial charge on any atom is 0.343 e. The van der Waals surface area contributed by atoms with E-state index in [2.05, 4.69) is 13.2 Å². The van der Waals surface area contributed by atoms with Crippen LogP contribution in [0.2, 0.25) is 0 Å². The number of hydrogen-bond acceptors (Lipinski definition) is 11. The molecule has 3 rings (SSSR count). The van der Waals surface area contributed by atoms with Gasteiger partial charge in [0.2, 0.25) is 0 Å². The Kier molecular flexibility index (Phi) is 15.1. The summed E-state index contributed by atoms with van der Waals surface area (Å²) in [6.45, 7) is 9.36. The van der Waals surface area contributed by atoms with Gasteiger partial charge in [0, 0.05) is 18.6 Å². The highest BCUT2D eigenvalue weighted by molar-refractivity contribution is 5.92. The predicted molar refractivity (Wildman–Crippen MR) is 175 cm³/mol. The molecule has 11 heteroatoms. The van der Waals surface area contributed by atoms with Gasteiger partial charge in [0.05, 0.1) is 30.9 Å². The molecule has 11 nitrogen and oxygen atoms in total. The predicted octanol–water partition coefficient (Wildman–Crippen LogP) is 6.52. The summed E-state index contributed by atoms with van der Waals surface area (Å²) in [4.78, 5) is 59.5. The number of aryl methyl sites for hydroxylation is 1. The summed E-state index contributed by atoms with van der Waals surface area (Å²) in [6, 6.07) is 17.1. The van der Waals surface area contributed by atoms with Gasteiger partial charge in [-0.05, 0) is 111 Å². The largest absolute Gasteiger partial charge is 0.494 e. The monoisotopic (exact) mass is 658 g/mol. The number of esters is 5. The molecule has 0 fully saturated rings. The molecule has 0 aliphatic carbocycles. The second kappa shape index (κ2) is 19.7. The maximum atomic E-state index is 12.7. The number of benzene rings is 3. The summed E-state index contributed by atoms with van der Waals surface area (Å²) in [7, 11) is 0. The minimum Gasteiger partial charge on any atom is -0.494 e. The van der Waals surface area contributed by atoms with Gasteiger partial charge in [-0.1, -0.05) is 13.2 Å². The van der Waals surface area contributed by atoms with Gasteiger partial charge in [0.15, 0.2) is 0 Å². The van der Waals surface area contributed by atoms with E-state index in [0.29, 0.717) is 67.9 Å². The number of unbranched alkanes of at least 4 members (excludes halogenated alkanes) is 3. The molecule has 3 aromatic rings. The summed E-state index contributed by atoms with van der Waals surface area (Å²) in [6.07, 6.45) is 5.65. The van der Waals surface area contributed by atoms with Gasteiger partial charge in [0.25, 0.3) is 0 Å². The van der Waals surface area contributed by atoms with Crippen molar-refractivity contribution < 1.29 is 52.4 Å². The smallest absolute Gasteiger partial charge is 0.343 e. The summed E-state index contributed by atoms with van der Waals surface area (Å²) in [5.74, 6) is -1.09. The van der Waals surface area contributed by atoms with Crippen molar-refractivity contribution in [3.63, 3.8) is 0 Å². The fourth-order valence-corrected chi connectivity index (χ4v) is 4.06. The van der Waals surface area contributed by atoms with Crippen molar-refractivity contribution in [1.82, 2.24) is 0 Å². The average Bonchev–Trinajstić information content (AvgIpc) is 3.09. The van der Waals surface area contributed by atoms with E-state index >= 15 is 0 Å². The lowest BCUT2D eigenvalue weighted by atomic mass is 10.2. The number of ether oxygens (including phenoxy) is 6. The highest BCUT2D eigenvalue weighted by Gasteiger charge is 2.14. The van der Waals surface area contributed by atoms with Crippen LogP contribution in [0.25, 0.3) is 0 Å². The zero-order valence-electron chi connectivity index (χ0n) is 26.8. The van der Waals surface area contributed by atoms with Crippen LogP contribution in [-0.4, -0.2) is 49.7 Å². The first-order valence-corrected chi connectivity index (χ1v) is 15.4. The van der Waals surface area contributed by atoms with Crippen molar-refractivity contribution in [2.24, 2.45) is 0 Å². The van der Waals surface area contributed by atoms with Crippen LogP contribution in [0.3, 0.4) is 0 Å². The van der Waals surface area contributed by atoms with E-state index in [4.69, 9.17) is 28.4 Å². The molecule has 0 unspecified atom stereocenters. The minimum absolute atomic E-state index is 0.200. The first kappa shape index (κ1) is 36.8. The molecule has 0 bridgehead atoms. The van der Waals surface area contributed by atoms with Gasteiger partial charge in [0.1, 0.15) is 23.0 Å². The third kappa shape index (κ3) is 13.0. The second-order valence-corrected chi connectivity index (χ2v) is 10.3. The van der Waals surface area contributed by atoms with Crippen LogP contribution < -0.4 is 18.9 Å². The van der Waals surface area contributed by atoms with Gasteiger partial charge in [-0.2, -0.15) is 0 Å². The van der Waals surface area contributed by atoms with Crippen LogP contribution in [0.4, 0.5) is 0 Å². The zero-order valence-corrected chi connectivity index (χ0v) is 26.8. The van der Waals surface area contributed by atoms with Gasteiger partial charge in [-0.25, -0.2) is 19.2 Å². The van der Waals surface area contributed by atoms with Crippen LogP contribution in [-0.2, 0) is 23.9 Å². The van der Waals surface area contributed by atoms with Crippen molar-refractivity contribution in [2.45, 2.75) is 45.4 Å². The van der Waals surface area contributed by atoms with Crippen LogP contribution in [0.15, 0.2) is 92.0 Å². The van der Waals surface area contributed by atoms with Crippen LogP contribution in [0, 0.1) is 6.92 Å². The lowest BCUT2D eigenvalue weighted by Gasteiger charge is -2.11. The molecule has 0 N–H and O–H groups in total. The summed E-state index contributed by atoms with van der Waals surface area (Å²) in [5, 5.41) is 0. The number of carbonyl (C=O) groups is 5. The van der Waals surface area contributed by atoms with Crippen molar-refractivity contribution in [3.8, 4) is 23.0 Å². The Morgan fingerprint density at radius 3 is 1.69 bits per heavy atom. The van der Waals surface area contributed by atoms with E-state index in [9.17, 15) is 24.0 Å². The van der Waals surface area contributed by atoms with Gasteiger partial charge in [-0.15, -0.1) is 0 Å². The Hall–Kier alpha value is -5.71. The van der Waals surface area contributed by atoms with E-state index in [1.807, 2.05) is 0 Å². The summed E-state index contributed by atoms with van der Waals surface area (Å²) in [5.41, 5.74) is 1.14. The topological polar surface area (TPSA) is 141 Å². The molecular weight excluding hydrogens is 620 g/mol. The van der Waals surface area contributed by atoms with E-state index in [0.717, 1.165) is 12.2 Å². The second-order valence-electron chi connectivity index (χ2n) is 10.3. The molecular formula is C37H38O11. The highest BCUT2D eigenvalue weighted by Crippen LogP contribution is 2.26. The lowest BCUT2D eigenvalue weighted by molar-refractivity contribution is -0.138. The molecule has 3 aromatic carbocycles. The Bertz CT molecular complexity index is 1570. The molecule has 0 heterocycles. The van der Waals surface area contributed by atoms with Crippen molar-refractivity contribution in [2.75, 3.05) is 19.8 Å². The van der Waals surface area contributed by atoms with Gasteiger partial charge < -0.3 is 28.4 Å². The zero-order chi connectivity index (χ0) is 34.7. The number of carbonyl (C=O) groups excluding carboxylic acids is 5. The molecule has 252 valence electrons. The maximum absolute atomic E-state index is 12.7. The van der Waals surface area contributed by atoms with Gasteiger partial charge in [-0.3, -0.25) is 4.79 Å². The van der Waals surface area contributed by atoms with E-state index in [1.165, 1.54) is 36.4 Å². The minimum atomic E-state index is -0.615. The number of rotatable bonds is 19. The SMILES string of the molecule is C=CC(=O)OCCCCCC(=O)Oc1ccc(C(=O)Oc2ccc(OC(=O)c3ccc(OCCCCOC(=O)C=C)cc3)cc2C)cc1. The highest BCUT2D eigenvalue weighted by atomic mass is 16.6. The molecule has 0 spiro atoms. The quantitative estimate of drug-likeness (QED) is 0.0602. The third-order valence-corrected chi connectivity index (χ3v) is 6.63. The van der Waals surface area contributed by atoms with Crippen molar-refractivity contribution in [3.05, 3.63) is 109 Å². The molecule has 0 aliphatic rings. The normalized spacial score (nSPS) is 10.3. The van der Waals surface area contributed by atoms with Crippen molar-refractivity contribution >= 4 is 29.8 Å². The Labute approximate surface area is 279 Å². The fourth-order valence-electron chi connectivity index (χ4n) is 4.06. The third-order valence-electron chi connectivity index (χ3n) is 6.63. The molecule has 0 aliphatic heterocycles. The van der Waals surface area contributed by atoms with Crippen LogP contribution in [0.1, 0.15) is 64.8 Å². The number of hydrogen-bond donors (Lipinski definition) is 0. The van der Waals surface area contributed by atoms with Crippen LogP contribution in [0.5, 0.6) is 23.0 Å². The molecule has 0 saturated carbocycles. The van der Waals surface area contributed by atoms with Gasteiger partial charge >= 0.3 is 29.8 Å². The first-order valence-electron chi connectivity index (χ1n) is 15.4. The first-order chi connectivity index (χ1) is 23.2. The molecule has 0 aromatic heterocycles. The average molecular weight is 659 g/mol. The van der Waals surface area contributed by atoms with Crippen molar-refractivity contribution in [1.29, 1.82) is 0 Å². The fraction of sp³-hybridized carbons (Fsp3) is 0.270. The van der Waals surface area contributed by atoms with E-state index in [-0.39, 0.29) is 30.1 Å². The van der Waals surface area contributed by atoms with E-state index < -0.39 is 29.8 Å². The standard InChI is InChI=1S/C37H38O11/c1-4-33(38)44-23-8-6-7-11-35(40)46-30-18-14-28(15-19-30)37(42)48-32-21-20-31(25-26(32)3)47-36(41)27-12-16-29(17-13-27)43-22-9-10-24-45-34(39)5-2/h4-5,12-21,25H,1-2,6-11,22-24H2,3H3. The Balaban J connectivity index is 1.41.